The lowest BCUT2D eigenvalue weighted by Gasteiger charge is -2.34. The summed E-state index contributed by atoms with van der Waals surface area (Å²) >= 11 is 6.85. The monoisotopic (exact) mass is 494 g/mol. The molecule has 7 nitrogen and oxygen atoms in total. The summed E-state index contributed by atoms with van der Waals surface area (Å²) in [6.45, 7) is 4.77. The Hall–Kier alpha value is -2.71. The van der Waals surface area contributed by atoms with Gasteiger partial charge in [-0.15, -0.1) is 0 Å². The number of halogens is 1. The van der Waals surface area contributed by atoms with E-state index in [0.29, 0.717) is 42.6 Å². The summed E-state index contributed by atoms with van der Waals surface area (Å²) in [5.74, 6) is 0.0947. The average molecular weight is 495 g/mol. The third kappa shape index (κ3) is 4.38. The van der Waals surface area contributed by atoms with Crippen LogP contribution in [0.4, 0.5) is 5.69 Å². The highest BCUT2D eigenvalue weighted by atomic mass is 35.5. The van der Waals surface area contributed by atoms with Gasteiger partial charge in [0.2, 0.25) is 0 Å². The van der Waals surface area contributed by atoms with Crippen molar-refractivity contribution in [3.8, 4) is 11.1 Å². The van der Waals surface area contributed by atoms with Crippen LogP contribution in [0.15, 0.2) is 36.4 Å². The molecule has 1 saturated heterocycles. The predicted octanol–water partition coefficient (Wildman–Crippen LogP) is 4.29. The number of anilines is 1. The summed E-state index contributed by atoms with van der Waals surface area (Å²) in [6.07, 6.45) is 1.99. The van der Waals surface area contributed by atoms with Gasteiger partial charge in [-0.2, -0.15) is 0 Å². The number of hydrogen-bond acceptors (Lipinski definition) is 5. The van der Waals surface area contributed by atoms with E-state index in [0.717, 1.165) is 53.2 Å². The summed E-state index contributed by atoms with van der Waals surface area (Å²) < 4.78 is 7.35. The minimum Gasteiger partial charge on any atom is -0.385 e. The lowest BCUT2D eigenvalue weighted by molar-refractivity contribution is -0.0682. The maximum atomic E-state index is 13.2. The molecule has 2 N–H and O–H groups in total. The van der Waals surface area contributed by atoms with Crippen LogP contribution in [0.3, 0.4) is 0 Å². The first-order valence-corrected chi connectivity index (χ1v) is 12.4. The molecule has 35 heavy (non-hydrogen) atoms. The highest BCUT2D eigenvalue weighted by Crippen LogP contribution is 2.40. The van der Waals surface area contributed by atoms with E-state index in [-0.39, 0.29) is 5.91 Å². The number of imidazole rings is 1. The molecule has 3 aromatic rings. The van der Waals surface area contributed by atoms with E-state index in [4.69, 9.17) is 16.3 Å². The molecule has 0 atom stereocenters. The summed E-state index contributed by atoms with van der Waals surface area (Å²) in [5.41, 5.74) is 5.27. The number of nitrogens with one attached hydrogen (secondary N) is 1. The Morgan fingerprint density at radius 2 is 1.86 bits per heavy atom. The smallest absolute Gasteiger partial charge is 0.291 e. The molecule has 0 saturated carbocycles. The number of ether oxygens (including phenoxy) is 1. The van der Waals surface area contributed by atoms with Crippen molar-refractivity contribution in [1.29, 1.82) is 0 Å². The molecule has 2 aromatic carbocycles. The largest absolute Gasteiger partial charge is 0.385 e. The third-order valence-corrected chi connectivity index (χ3v) is 7.75. The number of fused-ring (bicyclic) bond motifs is 1. The number of nitrogens with zero attached hydrogens (tertiary/aromatic N) is 3. The van der Waals surface area contributed by atoms with Gasteiger partial charge in [-0.25, -0.2) is 4.98 Å². The molecule has 1 aromatic heterocycles. The summed E-state index contributed by atoms with van der Waals surface area (Å²) in [5, 5.41) is 14.7. The minimum atomic E-state index is -0.915. The van der Waals surface area contributed by atoms with Crippen molar-refractivity contribution < 1.29 is 14.6 Å². The topological polar surface area (TPSA) is 79.6 Å². The molecule has 1 amide bonds. The van der Waals surface area contributed by atoms with Crippen molar-refractivity contribution in [2.45, 2.75) is 38.3 Å². The highest BCUT2D eigenvalue weighted by Gasteiger charge is 2.34. The van der Waals surface area contributed by atoms with E-state index >= 15 is 0 Å². The van der Waals surface area contributed by atoms with Crippen LogP contribution in [0.5, 0.6) is 0 Å². The molecule has 184 valence electrons. The van der Waals surface area contributed by atoms with Crippen molar-refractivity contribution in [2.24, 2.45) is 7.05 Å². The van der Waals surface area contributed by atoms with E-state index in [1.165, 1.54) is 0 Å². The van der Waals surface area contributed by atoms with E-state index in [9.17, 15) is 9.90 Å². The van der Waals surface area contributed by atoms with Crippen LogP contribution in [0.1, 0.15) is 46.0 Å². The van der Waals surface area contributed by atoms with E-state index in [1.807, 2.05) is 48.9 Å². The molecule has 1 fully saturated rings. The number of carbonyl (C=O) groups is 1. The van der Waals surface area contributed by atoms with Gasteiger partial charge in [0.15, 0.2) is 5.82 Å². The Balaban J connectivity index is 1.46. The number of benzene rings is 2. The SMILES string of the molecule is Cc1c(-c2cccc(NC(=O)c3nc4c(n3C)CCN(C)C4)c2Cl)cccc1C1(O)CCOCC1. The minimum absolute atomic E-state index is 0.286. The summed E-state index contributed by atoms with van der Waals surface area (Å²) in [6, 6.07) is 11.5. The number of rotatable bonds is 4. The normalized spacial score (nSPS) is 17.7. The van der Waals surface area contributed by atoms with Crippen LogP contribution >= 0.6 is 11.6 Å². The van der Waals surface area contributed by atoms with Crippen molar-refractivity contribution in [3.63, 3.8) is 0 Å². The van der Waals surface area contributed by atoms with Gasteiger partial charge in [0.1, 0.15) is 0 Å². The number of aliphatic hydroxyl groups is 1. The fourth-order valence-corrected chi connectivity index (χ4v) is 5.56. The van der Waals surface area contributed by atoms with Crippen LogP contribution in [0.25, 0.3) is 11.1 Å². The molecular formula is C27H31ClN4O3. The van der Waals surface area contributed by atoms with Gasteiger partial charge < -0.3 is 24.6 Å². The number of likely N-dealkylation sites (N-methyl/N-ethyl adjacent to an activating group) is 1. The van der Waals surface area contributed by atoms with Gasteiger partial charge in [0.05, 0.1) is 22.0 Å². The Kier molecular flexibility index (Phi) is 6.44. The van der Waals surface area contributed by atoms with E-state index in [2.05, 4.69) is 22.2 Å². The summed E-state index contributed by atoms with van der Waals surface area (Å²) in [7, 11) is 3.94. The first-order chi connectivity index (χ1) is 16.8. The molecule has 0 unspecified atom stereocenters. The van der Waals surface area contributed by atoms with Crippen molar-refractivity contribution in [1.82, 2.24) is 14.5 Å². The van der Waals surface area contributed by atoms with E-state index < -0.39 is 5.60 Å². The summed E-state index contributed by atoms with van der Waals surface area (Å²) in [4.78, 5) is 20.0. The molecule has 3 heterocycles. The standard InChI is InChI=1S/C27H31ClN4O3/c1-17-18(6-4-8-20(17)27(34)11-14-35-15-12-27)19-7-5-9-21(24(19)28)30-26(33)25-29-22-16-31(2)13-10-23(22)32(25)3/h4-9,34H,10-16H2,1-3H3,(H,30,33). The molecule has 2 aliphatic rings. The Labute approximate surface area is 210 Å². The Morgan fingerprint density at radius 3 is 2.63 bits per heavy atom. The average Bonchev–Trinajstić information content (AvgIpc) is 3.16. The van der Waals surface area contributed by atoms with Crippen LogP contribution in [-0.4, -0.2) is 52.3 Å². The zero-order valence-corrected chi connectivity index (χ0v) is 21.2. The zero-order valence-electron chi connectivity index (χ0n) is 20.4. The molecule has 0 radical (unpaired) electrons. The quantitative estimate of drug-likeness (QED) is 0.565. The molecule has 0 bridgehead atoms. The first kappa shape index (κ1) is 24.0. The van der Waals surface area contributed by atoms with E-state index in [1.54, 1.807) is 6.07 Å². The van der Waals surface area contributed by atoms with Crippen LogP contribution < -0.4 is 5.32 Å². The fourth-order valence-electron chi connectivity index (χ4n) is 5.29. The fraction of sp³-hybridized carbons (Fsp3) is 0.407. The van der Waals surface area contributed by atoms with Crippen LogP contribution in [-0.2, 0) is 30.4 Å². The van der Waals surface area contributed by atoms with Gasteiger partial charge >= 0.3 is 0 Å². The molecule has 5 rings (SSSR count). The van der Waals surface area contributed by atoms with Gasteiger partial charge in [-0.1, -0.05) is 41.9 Å². The van der Waals surface area contributed by atoms with Gasteiger partial charge in [-0.05, 0) is 36.7 Å². The third-order valence-electron chi connectivity index (χ3n) is 7.34. The zero-order chi connectivity index (χ0) is 24.7. The number of amides is 1. The molecule has 0 aliphatic carbocycles. The van der Waals surface area contributed by atoms with Crippen molar-refractivity contribution in [3.05, 3.63) is 69.8 Å². The maximum absolute atomic E-state index is 13.2. The number of hydrogen-bond donors (Lipinski definition) is 2. The first-order valence-electron chi connectivity index (χ1n) is 12.0. The maximum Gasteiger partial charge on any atom is 0.291 e. The lowest BCUT2D eigenvalue weighted by atomic mass is 9.81. The van der Waals surface area contributed by atoms with Crippen molar-refractivity contribution >= 4 is 23.2 Å². The van der Waals surface area contributed by atoms with Crippen LogP contribution in [0.2, 0.25) is 5.02 Å². The highest BCUT2D eigenvalue weighted by molar-refractivity contribution is 6.36. The predicted molar refractivity (Wildman–Crippen MR) is 137 cm³/mol. The second-order valence-electron chi connectivity index (χ2n) is 9.62. The molecule has 0 spiro atoms. The number of carbonyl (C=O) groups excluding carboxylic acids is 1. The van der Waals surface area contributed by atoms with Gasteiger partial charge in [0.25, 0.3) is 5.91 Å². The van der Waals surface area contributed by atoms with Gasteiger partial charge in [-0.3, -0.25) is 4.79 Å². The van der Waals surface area contributed by atoms with Gasteiger partial charge in [0, 0.05) is 63.9 Å². The molecule has 2 aliphatic heterocycles. The van der Waals surface area contributed by atoms with Crippen molar-refractivity contribution in [2.75, 3.05) is 32.1 Å². The Bertz CT molecular complexity index is 1280. The Morgan fingerprint density at radius 1 is 1.14 bits per heavy atom. The molecular weight excluding hydrogens is 464 g/mol. The van der Waals surface area contributed by atoms with Crippen LogP contribution in [0, 0.1) is 6.92 Å². The second-order valence-corrected chi connectivity index (χ2v) is 10.00. The number of aromatic nitrogens is 2. The molecule has 8 heteroatoms. The second kappa shape index (κ2) is 9.39. The lowest BCUT2D eigenvalue weighted by Crippen LogP contribution is -2.34.